The molecule has 3 aliphatic rings. The van der Waals surface area contributed by atoms with Gasteiger partial charge < -0.3 is 20.0 Å². The third-order valence-electron chi connectivity index (χ3n) is 9.15. The molecule has 2 atom stereocenters. The molecule has 0 radical (unpaired) electrons. The molecule has 246 valence electrons. The van der Waals surface area contributed by atoms with Crippen LogP contribution < -0.4 is 15.1 Å². The Labute approximate surface area is 265 Å². The summed E-state index contributed by atoms with van der Waals surface area (Å²) < 4.78 is 56.6. The van der Waals surface area contributed by atoms with E-state index in [0.717, 1.165) is 25.7 Å². The summed E-state index contributed by atoms with van der Waals surface area (Å²) in [5.74, 6) is -1.34. The van der Waals surface area contributed by atoms with Crippen molar-refractivity contribution in [3.8, 4) is 6.07 Å². The van der Waals surface area contributed by atoms with Gasteiger partial charge in [0.05, 0.1) is 16.9 Å². The maximum absolute atomic E-state index is 15.4. The van der Waals surface area contributed by atoms with Gasteiger partial charge in [-0.15, -0.1) is 0 Å². The number of amides is 2. The van der Waals surface area contributed by atoms with Crippen LogP contribution in [-0.2, 0) is 15.8 Å². The predicted octanol–water partition coefficient (Wildman–Crippen LogP) is 3.48. The van der Waals surface area contributed by atoms with Crippen molar-refractivity contribution in [1.82, 2.24) is 19.7 Å². The average molecular weight is 643 g/mol. The highest BCUT2D eigenvalue weighted by molar-refractivity contribution is 6.01. The van der Waals surface area contributed by atoms with Crippen LogP contribution in [0.5, 0.6) is 0 Å². The number of hydrogen-bond acceptors (Lipinski definition) is 8. The predicted molar refractivity (Wildman–Crippen MR) is 166 cm³/mol. The van der Waals surface area contributed by atoms with E-state index in [-0.39, 0.29) is 42.1 Å². The smallest absolute Gasteiger partial charge is 0.366 e. The number of fused-ring (bicyclic) bond motifs is 1. The molecule has 2 aromatic rings. The number of nitrogens with zero attached hydrogens (tertiary/aromatic N) is 7. The second-order valence-electron chi connectivity index (χ2n) is 12.1. The number of alkyl halides is 3. The minimum absolute atomic E-state index is 0.0450. The lowest BCUT2D eigenvalue weighted by Crippen LogP contribution is -2.65. The number of likely N-dealkylation sites (tertiary alicyclic amines) is 1. The van der Waals surface area contributed by atoms with E-state index in [4.69, 9.17) is 0 Å². The number of aryl methyl sites for hydroxylation is 1. The van der Waals surface area contributed by atoms with Gasteiger partial charge in [0.2, 0.25) is 11.8 Å². The Bertz CT molecular complexity index is 1540. The van der Waals surface area contributed by atoms with Gasteiger partial charge in [0.25, 0.3) is 0 Å². The molecule has 10 nitrogen and oxygen atoms in total. The molecule has 0 saturated carbocycles. The van der Waals surface area contributed by atoms with E-state index in [1.165, 1.54) is 37.1 Å². The van der Waals surface area contributed by atoms with Crippen molar-refractivity contribution in [2.45, 2.75) is 44.6 Å². The summed E-state index contributed by atoms with van der Waals surface area (Å²) in [6, 6.07) is 6.41. The van der Waals surface area contributed by atoms with Crippen molar-refractivity contribution in [2.75, 3.05) is 74.5 Å². The van der Waals surface area contributed by atoms with E-state index in [2.05, 4.69) is 33.6 Å². The normalized spacial score (nSPS) is 21.6. The number of likely N-dealkylation sites (N-methyl/N-ethyl adjacent to an activating group) is 1. The van der Waals surface area contributed by atoms with Crippen molar-refractivity contribution < 1.29 is 27.2 Å². The van der Waals surface area contributed by atoms with E-state index >= 15 is 4.39 Å². The van der Waals surface area contributed by atoms with Crippen LogP contribution in [0.15, 0.2) is 36.9 Å². The highest BCUT2D eigenvalue weighted by Gasteiger charge is 2.39. The van der Waals surface area contributed by atoms with Crippen LogP contribution in [0.1, 0.15) is 30.2 Å². The molecule has 2 fully saturated rings. The number of piperazine rings is 1. The maximum Gasteiger partial charge on any atom is 0.417 e. The minimum atomic E-state index is -4.78. The lowest BCUT2D eigenvalue weighted by Gasteiger charge is -2.50. The van der Waals surface area contributed by atoms with Crippen LogP contribution in [0.4, 0.5) is 34.8 Å². The third kappa shape index (κ3) is 6.66. The number of rotatable bonds is 7. The number of pyridine rings is 1. The first kappa shape index (κ1) is 33.2. The zero-order valence-electron chi connectivity index (χ0n) is 26.1. The summed E-state index contributed by atoms with van der Waals surface area (Å²) in [6.07, 6.45) is -3.32. The molecule has 2 saturated heterocycles. The largest absolute Gasteiger partial charge is 0.417 e. The van der Waals surface area contributed by atoms with Crippen LogP contribution in [0.3, 0.4) is 0 Å². The Balaban J connectivity index is 1.32. The van der Waals surface area contributed by atoms with Crippen LogP contribution in [-0.4, -0.2) is 109 Å². The number of hydrogen-bond donors (Lipinski definition) is 1. The molecule has 1 N–H and O–H groups in total. The molecule has 46 heavy (non-hydrogen) atoms. The Morgan fingerprint density at radius 2 is 1.93 bits per heavy atom. The molecule has 3 aliphatic heterocycles. The summed E-state index contributed by atoms with van der Waals surface area (Å²) >= 11 is 0. The molecular weight excluding hydrogens is 604 g/mol. The molecule has 2 amide bonds. The summed E-state index contributed by atoms with van der Waals surface area (Å²) in [7, 11) is 1.50. The van der Waals surface area contributed by atoms with Gasteiger partial charge in [0, 0.05) is 77.2 Å². The Kier molecular flexibility index (Phi) is 9.55. The van der Waals surface area contributed by atoms with Gasteiger partial charge in [-0.25, -0.2) is 9.37 Å². The number of nitrogens with one attached hydrogen (secondary N) is 1. The number of benzene rings is 1. The first-order chi connectivity index (χ1) is 21.8. The Morgan fingerprint density at radius 3 is 2.59 bits per heavy atom. The van der Waals surface area contributed by atoms with Crippen molar-refractivity contribution in [3.63, 3.8) is 0 Å². The average Bonchev–Trinajstić information content (AvgIpc) is 2.98. The second-order valence-corrected chi connectivity index (χ2v) is 12.1. The van der Waals surface area contributed by atoms with E-state index in [1.807, 2.05) is 4.90 Å². The number of carbonyl (C=O) groups is 2. The number of nitriles is 1. The quantitative estimate of drug-likeness (QED) is 0.362. The topological polar surface area (TPSA) is 99.0 Å². The molecule has 1 aromatic heterocycles. The monoisotopic (exact) mass is 642 g/mol. The van der Waals surface area contributed by atoms with E-state index in [9.17, 15) is 28.0 Å². The summed E-state index contributed by atoms with van der Waals surface area (Å²) in [4.78, 5) is 39.3. The standard InChI is InChI=1S/C32H38F4N8O2/c1-5-28(45)44-18-22(19-44)43-14-12-41(21(3)17-43)11-13-42-10-9-26(31(46)40(4)27-8-6-7-25(33)29(27)42)39-30-23(16-37)24(32(34,35)36)15-20(2)38-30/h5-8,15,21-22,26H,1,9-14,17-19H2,2-4H3,(H,38,39)/t21-,26-/m0/s1. The number of aromatic nitrogens is 1. The van der Waals surface area contributed by atoms with Crippen LogP contribution >= 0.6 is 0 Å². The molecule has 5 rings (SSSR count). The first-order valence-electron chi connectivity index (χ1n) is 15.3. The number of para-hydroxylation sites is 1. The fourth-order valence-electron chi connectivity index (χ4n) is 6.53. The Hall–Kier alpha value is -4.22. The van der Waals surface area contributed by atoms with Crippen molar-refractivity contribution in [3.05, 3.63) is 59.6 Å². The zero-order valence-corrected chi connectivity index (χ0v) is 26.1. The molecule has 0 spiro atoms. The highest BCUT2D eigenvalue weighted by atomic mass is 19.4. The summed E-state index contributed by atoms with van der Waals surface area (Å²) in [5.41, 5.74) is -1.14. The van der Waals surface area contributed by atoms with Crippen LogP contribution in [0, 0.1) is 24.1 Å². The zero-order chi connectivity index (χ0) is 33.3. The lowest BCUT2D eigenvalue weighted by molar-refractivity contribution is -0.138. The van der Waals surface area contributed by atoms with Gasteiger partial charge in [0.15, 0.2) is 0 Å². The first-order valence-corrected chi connectivity index (χ1v) is 15.3. The van der Waals surface area contributed by atoms with Gasteiger partial charge >= 0.3 is 6.18 Å². The maximum atomic E-state index is 15.4. The van der Waals surface area contributed by atoms with Gasteiger partial charge in [-0.1, -0.05) is 12.6 Å². The van der Waals surface area contributed by atoms with E-state index < -0.39 is 35.1 Å². The van der Waals surface area contributed by atoms with Gasteiger partial charge in [-0.2, -0.15) is 18.4 Å². The van der Waals surface area contributed by atoms with Crippen LogP contribution in [0.25, 0.3) is 0 Å². The van der Waals surface area contributed by atoms with E-state index in [0.29, 0.717) is 37.9 Å². The second kappa shape index (κ2) is 13.3. The third-order valence-corrected chi connectivity index (χ3v) is 9.15. The van der Waals surface area contributed by atoms with Gasteiger partial charge in [-0.05, 0) is 44.5 Å². The molecule has 0 unspecified atom stereocenters. The van der Waals surface area contributed by atoms with Gasteiger partial charge in [-0.3, -0.25) is 19.4 Å². The highest BCUT2D eigenvalue weighted by Crippen LogP contribution is 2.37. The minimum Gasteiger partial charge on any atom is -0.366 e. The van der Waals surface area contributed by atoms with Crippen molar-refractivity contribution in [1.29, 1.82) is 5.26 Å². The molecule has 4 heterocycles. The number of halogens is 4. The van der Waals surface area contributed by atoms with Crippen molar-refractivity contribution in [2.24, 2.45) is 0 Å². The number of carbonyl (C=O) groups excluding carboxylic acids is 2. The van der Waals surface area contributed by atoms with Crippen LogP contribution in [0.2, 0.25) is 0 Å². The van der Waals surface area contributed by atoms with E-state index in [1.54, 1.807) is 17.0 Å². The molecule has 0 aliphatic carbocycles. The Morgan fingerprint density at radius 1 is 1.20 bits per heavy atom. The molecule has 0 bridgehead atoms. The SMILES string of the molecule is C=CC(=O)N1CC(N2CCN(CCN3CC[C@H](Nc4nc(C)cc(C(F)(F)F)c4C#N)C(=O)N(C)c4cccc(F)c43)[C@@H](C)C2)C1. The fraction of sp³-hybridized carbons (Fsp3) is 0.500. The summed E-state index contributed by atoms with van der Waals surface area (Å²) in [6.45, 7) is 12.2. The molecule has 1 aromatic carbocycles. The lowest BCUT2D eigenvalue weighted by atomic mass is 10.0. The molecular formula is C32H38F4N8O2. The molecule has 14 heteroatoms. The summed E-state index contributed by atoms with van der Waals surface area (Å²) in [5, 5.41) is 12.5. The number of anilines is 3. The van der Waals surface area contributed by atoms with Gasteiger partial charge in [0.1, 0.15) is 29.3 Å². The fourth-order valence-corrected chi connectivity index (χ4v) is 6.53. The van der Waals surface area contributed by atoms with Crippen molar-refractivity contribution >= 4 is 29.0 Å².